The van der Waals surface area contributed by atoms with Gasteiger partial charge in [-0.05, 0) is 88.6 Å². The highest BCUT2D eigenvalue weighted by Gasteiger charge is 2.23. The maximum absolute atomic E-state index is 14.0. The lowest BCUT2D eigenvalue weighted by molar-refractivity contribution is 0.0786. The van der Waals surface area contributed by atoms with Gasteiger partial charge in [0.25, 0.3) is 5.91 Å². The van der Waals surface area contributed by atoms with Crippen LogP contribution in [0.4, 0.5) is 4.39 Å². The summed E-state index contributed by atoms with van der Waals surface area (Å²) in [5.74, 6) is 1.18. The Morgan fingerprint density at radius 1 is 1.11 bits per heavy atom. The van der Waals surface area contributed by atoms with Crippen molar-refractivity contribution in [3.05, 3.63) is 76.6 Å². The molecule has 38 heavy (non-hydrogen) atoms. The number of aromatic nitrogens is 4. The van der Waals surface area contributed by atoms with Crippen LogP contribution in [0, 0.1) is 26.6 Å². The van der Waals surface area contributed by atoms with E-state index in [1.807, 2.05) is 36.6 Å². The fraction of sp³-hybridized carbons (Fsp3) is 0.276. The van der Waals surface area contributed by atoms with Crippen molar-refractivity contribution in [3.8, 4) is 22.6 Å². The van der Waals surface area contributed by atoms with Gasteiger partial charge in [-0.15, -0.1) is 10.2 Å². The number of pyridine rings is 1. The number of halogens is 1. The van der Waals surface area contributed by atoms with Crippen LogP contribution in [0.1, 0.15) is 53.8 Å². The third kappa shape index (κ3) is 4.39. The Balaban J connectivity index is 1.81. The van der Waals surface area contributed by atoms with Crippen molar-refractivity contribution < 1.29 is 19.0 Å². The van der Waals surface area contributed by atoms with Gasteiger partial charge in [0.15, 0.2) is 5.65 Å². The lowest BCUT2D eigenvalue weighted by atomic mass is 9.93. The zero-order chi connectivity index (χ0) is 27.4. The molecule has 2 aromatic carbocycles. The number of hydrogen-bond donors (Lipinski definition) is 3. The summed E-state index contributed by atoms with van der Waals surface area (Å²) in [5.41, 5.74) is 3.96. The van der Waals surface area contributed by atoms with Crippen LogP contribution in [0.3, 0.4) is 0 Å². The molecule has 0 atom stereocenters. The Bertz CT molecular complexity index is 1690. The Labute approximate surface area is 219 Å². The molecule has 8 nitrogen and oxygen atoms in total. The van der Waals surface area contributed by atoms with E-state index in [-0.39, 0.29) is 11.7 Å². The van der Waals surface area contributed by atoms with Crippen LogP contribution in [-0.4, -0.2) is 37.1 Å². The molecule has 196 valence electrons. The summed E-state index contributed by atoms with van der Waals surface area (Å²) < 4.78 is 22.3. The monoisotopic (exact) mass is 515 g/mol. The zero-order valence-corrected chi connectivity index (χ0v) is 22.2. The average Bonchev–Trinajstić information content (AvgIpc) is 3.44. The Morgan fingerprint density at radius 2 is 1.82 bits per heavy atom. The van der Waals surface area contributed by atoms with Crippen molar-refractivity contribution in [1.29, 1.82) is 0 Å². The number of ether oxygens (including phenoxy) is 1. The fourth-order valence-corrected chi connectivity index (χ4v) is 4.71. The number of aromatic amines is 1. The molecule has 0 bridgehead atoms. The molecule has 5 rings (SSSR count). The molecule has 0 radical (unpaired) electrons. The van der Waals surface area contributed by atoms with E-state index in [0.717, 1.165) is 10.9 Å². The number of rotatable bonds is 6. The van der Waals surface area contributed by atoms with E-state index in [1.54, 1.807) is 39.8 Å². The van der Waals surface area contributed by atoms with Gasteiger partial charge in [-0.25, -0.2) is 4.39 Å². The van der Waals surface area contributed by atoms with E-state index in [9.17, 15) is 14.3 Å². The number of carbonyl (C=O) groups excluding carboxylic acids is 1. The highest BCUT2D eigenvalue weighted by atomic mass is 19.1. The first-order chi connectivity index (χ1) is 18.0. The van der Waals surface area contributed by atoms with E-state index in [0.29, 0.717) is 63.0 Å². The van der Waals surface area contributed by atoms with Crippen molar-refractivity contribution in [2.24, 2.45) is 0 Å². The zero-order valence-electron chi connectivity index (χ0n) is 22.2. The van der Waals surface area contributed by atoms with Gasteiger partial charge >= 0.3 is 0 Å². The van der Waals surface area contributed by atoms with Gasteiger partial charge in [0.2, 0.25) is 0 Å². The molecule has 0 spiro atoms. The summed E-state index contributed by atoms with van der Waals surface area (Å²) in [6, 6.07) is 10.1. The predicted octanol–water partition coefficient (Wildman–Crippen LogP) is 5.71. The molecular formula is C29H30FN5O3. The maximum Gasteiger partial charge on any atom is 0.267 e. The van der Waals surface area contributed by atoms with Crippen LogP contribution < -0.4 is 10.1 Å². The molecule has 3 heterocycles. The molecule has 5 aromatic rings. The molecule has 0 saturated carbocycles. The van der Waals surface area contributed by atoms with E-state index < -0.39 is 5.60 Å². The molecule has 0 fully saturated rings. The smallest absolute Gasteiger partial charge is 0.267 e. The second-order valence-electron chi connectivity index (χ2n) is 10.1. The lowest BCUT2D eigenvalue weighted by Gasteiger charge is -2.22. The second kappa shape index (κ2) is 9.25. The van der Waals surface area contributed by atoms with Gasteiger partial charge in [0.05, 0.1) is 11.1 Å². The van der Waals surface area contributed by atoms with Gasteiger partial charge in [0.1, 0.15) is 28.8 Å². The van der Waals surface area contributed by atoms with E-state index in [1.165, 1.54) is 12.1 Å². The first-order valence-corrected chi connectivity index (χ1v) is 12.4. The van der Waals surface area contributed by atoms with Crippen LogP contribution in [0.5, 0.6) is 11.5 Å². The summed E-state index contributed by atoms with van der Waals surface area (Å²) in [4.78, 5) is 15.9. The van der Waals surface area contributed by atoms with Crippen molar-refractivity contribution in [3.63, 3.8) is 0 Å². The minimum absolute atomic E-state index is 0.233. The van der Waals surface area contributed by atoms with Crippen molar-refractivity contribution in [2.45, 2.75) is 47.1 Å². The summed E-state index contributed by atoms with van der Waals surface area (Å²) in [5, 5.41) is 23.0. The van der Waals surface area contributed by atoms with Crippen LogP contribution in [0.2, 0.25) is 0 Å². The fourth-order valence-electron chi connectivity index (χ4n) is 4.71. The maximum atomic E-state index is 14.0. The summed E-state index contributed by atoms with van der Waals surface area (Å²) in [6.07, 6.45) is 1.91. The molecule has 1 amide bonds. The minimum atomic E-state index is -1.12. The first-order valence-electron chi connectivity index (χ1n) is 12.4. The van der Waals surface area contributed by atoms with Gasteiger partial charge in [0, 0.05) is 29.3 Å². The largest absolute Gasteiger partial charge is 0.456 e. The number of fused-ring (bicyclic) bond motifs is 3. The Hall–Kier alpha value is -4.24. The van der Waals surface area contributed by atoms with E-state index in [4.69, 9.17) is 4.74 Å². The van der Waals surface area contributed by atoms with Crippen molar-refractivity contribution >= 4 is 22.5 Å². The van der Waals surface area contributed by atoms with Crippen LogP contribution in [-0.2, 0) is 5.60 Å². The summed E-state index contributed by atoms with van der Waals surface area (Å²) in [6.45, 7) is 11.2. The SMILES string of the molecule is CCNC(=O)c1cc2c(-c3cc(C(C)(C)O)ccc3Oc3c(C)cc(F)cc3C)cn3c(C)nnc3c2[nH]1. The second-order valence-corrected chi connectivity index (χ2v) is 10.1. The van der Waals surface area contributed by atoms with Gasteiger partial charge in [-0.3, -0.25) is 9.20 Å². The van der Waals surface area contributed by atoms with Crippen LogP contribution in [0.15, 0.2) is 42.6 Å². The highest BCUT2D eigenvalue weighted by molar-refractivity contribution is 6.07. The summed E-state index contributed by atoms with van der Waals surface area (Å²) in [7, 11) is 0. The molecule has 0 aliphatic carbocycles. The van der Waals surface area contributed by atoms with Crippen LogP contribution >= 0.6 is 0 Å². The summed E-state index contributed by atoms with van der Waals surface area (Å²) >= 11 is 0. The minimum Gasteiger partial charge on any atom is -0.456 e. The number of hydrogen-bond acceptors (Lipinski definition) is 5. The topological polar surface area (TPSA) is 105 Å². The molecular weight excluding hydrogens is 485 g/mol. The molecule has 0 aliphatic heterocycles. The molecule has 3 N–H and O–H groups in total. The molecule has 9 heteroatoms. The number of benzene rings is 2. The van der Waals surface area contributed by atoms with Gasteiger partial charge in [-0.2, -0.15) is 0 Å². The lowest BCUT2D eigenvalue weighted by Crippen LogP contribution is -2.22. The number of amides is 1. The predicted molar refractivity (Wildman–Crippen MR) is 144 cm³/mol. The van der Waals surface area contributed by atoms with Crippen molar-refractivity contribution in [1.82, 2.24) is 24.9 Å². The van der Waals surface area contributed by atoms with Crippen LogP contribution in [0.25, 0.3) is 27.7 Å². The van der Waals surface area contributed by atoms with E-state index >= 15 is 0 Å². The molecule has 0 unspecified atom stereocenters. The number of aliphatic hydroxyl groups is 1. The number of H-pyrrole nitrogens is 1. The number of carbonyl (C=O) groups is 1. The number of nitrogens with zero attached hydrogens (tertiary/aromatic N) is 3. The Morgan fingerprint density at radius 3 is 2.47 bits per heavy atom. The molecule has 3 aromatic heterocycles. The average molecular weight is 516 g/mol. The standard InChI is InChI=1S/C29H30FN5O3/c1-7-31-28(36)23-13-21-22(14-35-17(4)33-34-27(35)25(21)32-23)20-12-18(29(5,6)37)8-9-24(20)38-26-15(2)10-19(30)11-16(26)3/h8-14,32,37H,7H2,1-6H3,(H,31,36). The number of nitrogens with one attached hydrogen (secondary N) is 2. The normalized spacial score (nSPS) is 11.9. The van der Waals surface area contributed by atoms with Crippen molar-refractivity contribution in [2.75, 3.05) is 6.54 Å². The Kier molecular flexibility index (Phi) is 6.19. The van der Waals surface area contributed by atoms with Gasteiger partial charge in [-0.1, -0.05) is 6.07 Å². The molecule has 0 aliphatic rings. The molecule has 0 saturated heterocycles. The highest BCUT2D eigenvalue weighted by Crippen LogP contribution is 2.42. The third-order valence-electron chi connectivity index (χ3n) is 6.65. The van der Waals surface area contributed by atoms with E-state index in [2.05, 4.69) is 20.5 Å². The first kappa shape index (κ1) is 25.4. The quantitative estimate of drug-likeness (QED) is 0.269. The number of aryl methyl sites for hydroxylation is 3. The third-order valence-corrected chi connectivity index (χ3v) is 6.65. The van der Waals surface area contributed by atoms with Gasteiger partial charge < -0.3 is 20.1 Å².